The van der Waals surface area contributed by atoms with E-state index in [0.29, 0.717) is 28.1 Å². The van der Waals surface area contributed by atoms with Crippen molar-refractivity contribution >= 4 is 33.2 Å². The van der Waals surface area contributed by atoms with Gasteiger partial charge in [-0.05, 0) is 61.0 Å². The number of carbonyl (C=O) groups is 2. The summed E-state index contributed by atoms with van der Waals surface area (Å²) in [5.41, 5.74) is 7.43. The molecule has 154 valence electrons. The summed E-state index contributed by atoms with van der Waals surface area (Å²) in [4.78, 5) is 24.0. The zero-order chi connectivity index (χ0) is 21.9. The van der Waals surface area contributed by atoms with E-state index in [4.69, 9.17) is 5.73 Å². The predicted octanol–water partition coefficient (Wildman–Crippen LogP) is 3.17. The molecule has 0 bridgehead atoms. The quantitative estimate of drug-likeness (QED) is 0.634. The second-order valence-electron chi connectivity index (χ2n) is 6.68. The summed E-state index contributed by atoms with van der Waals surface area (Å²) in [6.07, 6.45) is 0. The molecule has 3 aromatic rings. The second kappa shape index (κ2) is 8.38. The smallest absolute Gasteiger partial charge is 0.264 e. The molecule has 0 aliphatic carbocycles. The summed E-state index contributed by atoms with van der Waals surface area (Å²) < 4.78 is 27.0. The standard InChI is InChI=1S/C22H21N3O4S/c1-15-8-9-17(22(27)24-18-12-10-16(11-13-18)21(23)26)14-20(15)25(2)30(28,29)19-6-4-3-5-7-19/h3-14H,1-2H3,(H2,23,26)(H,24,27). The van der Waals surface area contributed by atoms with Gasteiger partial charge >= 0.3 is 0 Å². The Morgan fingerprint density at radius 3 is 2.10 bits per heavy atom. The lowest BCUT2D eigenvalue weighted by atomic mass is 10.1. The molecule has 2 amide bonds. The maximum atomic E-state index is 12.9. The van der Waals surface area contributed by atoms with Crippen LogP contribution in [0.4, 0.5) is 11.4 Å². The third-order valence-corrected chi connectivity index (χ3v) is 6.43. The Balaban J connectivity index is 1.87. The fraction of sp³-hybridized carbons (Fsp3) is 0.0909. The van der Waals surface area contributed by atoms with Crippen LogP contribution in [-0.2, 0) is 10.0 Å². The van der Waals surface area contributed by atoms with Gasteiger partial charge in [-0.1, -0.05) is 24.3 Å². The summed E-state index contributed by atoms with van der Waals surface area (Å²) >= 11 is 0. The van der Waals surface area contributed by atoms with E-state index in [-0.39, 0.29) is 4.90 Å². The van der Waals surface area contributed by atoms with Crippen molar-refractivity contribution in [2.24, 2.45) is 5.73 Å². The first-order chi connectivity index (χ1) is 14.2. The normalized spacial score (nSPS) is 11.0. The van der Waals surface area contributed by atoms with Gasteiger partial charge in [0, 0.05) is 23.9 Å². The molecule has 0 aliphatic rings. The summed E-state index contributed by atoms with van der Waals surface area (Å²) in [6, 6.07) is 19.1. The van der Waals surface area contributed by atoms with E-state index in [9.17, 15) is 18.0 Å². The van der Waals surface area contributed by atoms with Gasteiger partial charge in [0.25, 0.3) is 15.9 Å². The van der Waals surface area contributed by atoms with Gasteiger partial charge in [0.1, 0.15) is 0 Å². The van der Waals surface area contributed by atoms with Crippen LogP contribution >= 0.6 is 0 Å². The molecule has 0 radical (unpaired) electrons. The first-order valence-corrected chi connectivity index (χ1v) is 10.5. The summed E-state index contributed by atoms with van der Waals surface area (Å²) in [5.74, 6) is -0.965. The molecule has 3 N–H and O–H groups in total. The van der Waals surface area contributed by atoms with Gasteiger partial charge in [0.15, 0.2) is 0 Å². The number of rotatable bonds is 6. The molecule has 0 unspecified atom stereocenters. The number of carbonyl (C=O) groups excluding carboxylic acids is 2. The van der Waals surface area contributed by atoms with E-state index >= 15 is 0 Å². The maximum Gasteiger partial charge on any atom is 0.264 e. The minimum Gasteiger partial charge on any atom is -0.366 e. The van der Waals surface area contributed by atoms with Gasteiger partial charge < -0.3 is 11.1 Å². The predicted molar refractivity (Wildman–Crippen MR) is 116 cm³/mol. The largest absolute Gasteiger partial charge is 0.366 e. The number of nitrogens with one attached hydrogen (secondary N) is 1. The van der Waals surface area contributed by atoms with Crippen molar-refractivity contribution in [1.29, 1.82) is 0 Å². The highest BCUT2D eigenvalue weighted by Gasteiger charge is 2.23. The monoisotopic (exact) mass is 423 g/mol. The number of nitrogens with two attached hydrogens (primary N) is 1. The number of sulfonamides is 1. The van der Waals surface area contributed by atoms with Crippen molar-refractivity contribution in [3.63, 3.8) is 0 Å². The molecule has 3 rings (SSSR count). The maximum absolute atomic E-state index is 12.9. The number of hydrogen-bond donors (Lipinski definition) is 2. The molecule has 0 aliphatic heterocycles. The van der Waals surface area contributed by atoms with Crippen LogP contribution in [-0.4, -0.2) is 27.3 Å². The Morgan fingerprint density at radius 2 is 1.50 bits per heavy atom. The van der Waals surface area contributed by atoms with Gasteiger partial charge in [-0.2, -0.15) is 0 Å². The van der Waals surface area contributed by atoms with Crippen LogP contribution in [0.15, 0.2) is 77.7 Å². The lowest BCUT2D eigenvalue weighted by molar-refractivity contribution is 0.0998. The molecule has 0 saturated carbocycles. The number of hydrogen-bond acceptors (Lipinski definition) is 4. The second-order valence-corrected chi connectivity index (χ2v) is 8.65. The van der Waals surface area contributed by atoms with Crippen molar-refractivity contribution in [2.45, 2.75) is 11.8 Å². The third kappa shape index (κ3) is 4.33. The number of nitrogens with zero attached hydrogens (tertiary/aromatic N) is 1. The van der Waals surface area contributed by atoms with Gasteiger partial charge in [-0.15, -0.1) is 0 Å². The Hall–Kier alpha value is -3.65. The third-order valence-electron chi connectivity index (χ3n) is 4.64. The van der Waals surface area contributed by atoms with Gasteiger partial charge in [-0.3, -0.25) is 13.9 Å². The van der Waals surface area contributed by atoms with E-state index < -0.39 is 21.8 Å². The molecule has 0 atom stereocenters. The molecule has 0 spiro atoms. The van der Waals surface area contributed by atoms with Crippen molar-refractivity contribution in [3.8, 4) is 0 Å². The molecule has 0 fully saturated rings. The van der Waals surface area contributed by atoms with Gasteiger partial charge in [0.2, 0.25) is 5.91 Å². The first-order valence-electron chi connectivity index (χ1n) is 9.06. The van der Waals surface area contributed by atoms with Crippen molar-refractivity contribution < 1.29 is 18.0 Å². The summed E-state index contributed by atoms with van der Waals surface area (Å²) in [7, 11) is -2.32. The van der Waals surface area contributed by atoms with E-state index in [2.05, 4.69) is 5.32 Å². The topological polar surface area (TPSA) is 110 Å². The van der Waals surface area contributed by atoms with Crippen molar-refractivity contribution in [1.82, 2.24) is 0 Å². The summed E-state index contributed by atoms with van der Waals surface area (Å²) in [6.45, 7) is 1.77. The number of amides is 2. The Bertz CT molecular complexity index is 1190. The van der Waals surface area contributed by atoms with Crippen molar-refractivity contribution in [3.05, 3.63) is 89.5 Å². The number of benzene rings is 3. The van der Waals surface area contributed by atoms with Gasteiger partial charge in [0.05, 0.1) is 10.6 Å². The zero-order valence-electron chi connectivity index (χ0n) is 16.5. The Morgan fingerprint density at radius 1 is 0.900 bits per heavy atom. The van der Waals surface area contributed by atoms with Crippen molar-refractivity contribution in [2.75, 3.05) is 16.7 Å². The molecular weight excluding hydrogens is 402 g/mol. The lowest BCUT2D eigenvalue weighted by Gasteiger charge is -2.22. The first kappa shape index (κ1) is 21.1. The van der Waals surface area contributed by atoms with Crippen LogP contribution in [0.25, 0.3) is 0 Å². The average molecular weight is 423 g/mol. The average Bonchev–Trinajstić information content (AvgIpc) is 2.74. The molecule has 0 saturated heterocycles. The summed E-state index contributed by atoms with van der Waals surface area (Å²) in [5, 5.41) is 2.72. The van der Waals surface area contributed by atoms with E-state index in [0.717, 1.165) is 4.31 Å². The zero-order valence-corrected chi connectivity index (χ0v) is 17.3. The van der Waals surface area contributed by atoms with E-state index in [1.165, 1.54) is 37.4 Å². The van der Waals surface area contributed by atoms with Crippen LogP contribution < -0.4 is 15.4 Å². The Labute approximate surface area is 175 Å². The molecule has 0 heterocycles. The molecule has 7 nitrogen and oxygen atoms in total. The van der Waals surface area contributed by atoms with Crippen LogP contribution in [0.5, 0.6) is 0 Å². The minimum atomic E-state index is -3.77. The molecule has 8 heteroatoms. The van der Waals surface area contributed by atoms with E-state index in [1.54, 1.807) is 49.4 Å². The number of anilines is 2. The Kier molecular flexibility index (Phi) is 5.89. The molecule has 3 aromatic carbocycles. The van der Waals surface area contributed by atoms with Crippen LogP contribution in [0.3, 0.4) is 0 Å². The molecular formula is C22H21N3O4S. The fourth-order valence-corrected chi connectivity index (χ4v) is 4.16. The number of aryl methyl sites for hydroxylation is 1. The molecule has 0 aromatic heterocycles. The highest BCUT2D eigenvalue weighted by atomic mass is 32.2. The van der Waals surface area contributed by atoms with Crippen LogP contribution in [0.1, 0.15) is 26.3 Å². The lowest BCUT2D eigenvalue weighted by Crippen LogP contribution is -2.27. The molecule has 30 heavy (non-hydrogen) atoms. The fourth-order valence-electron chi connectivity index (χ4n) is 2.89. The number of primary amides is 1. The van der Waals surface area contributed by atoms with Crippen LogP contribution in [0, 0.1) is 6.92 Å². The highest BCUT2D eigenvalue weighted by Crippen LogP contribution is 2.27. The van der Waals surface area contributed by atoms with Crippen LogP contribution in [0.2, 0.25) is 0 Å². The minimum absolute atomic E-state index is 0.163. The SMILES string of the molecule is Cc1ccc(C(=O)Nc2ccc(C(N)=O)cc2)cc1N(C)S(=O)(=O)c1ccccc1. The van der Waals surface area contributed by atoms with Gasteiger partial charge in [-0.25, -0.2) is 8.42 Å². The highest BCUT2D eigenvalue weighted by molar-refractivity contribution is 7.92. The van der Waals surface area contributed by atoms with E-state index in [1.807, 2.05) is 0 Å².